The summed E-state index contributed by atoms with van der Waals surface area (Å²) < 4.78 is 25.7. The van der Waals surface area contributed by atoms with Gasteiger partial charge in [-0.3, -0.25) is 9.36 Å². The maximum atomic E-state index is 13.6. The van der Waals surface area contributed by atoms with Gasteiger partial charge in [0, 0.05) is 6.42 Å². The molecule has 6 rings (SSSR count). The minimum Gasteiger partial charge on any atom is -0.459 e. The van der Waals surface area contributed by atoms with Gasteiger partial charge in [-0.2, -0.15) is 0 Å². The molecular formula is C39H39N5O8. The van der Waals surface area contributed by atoms with Crippen LogP contribution in [0.1, 0.15) is 82.8 Å². The zero-order valence-corrected chi connectivity index (χ0v) is 28.6. The number of ether oxygens (including phenoxy) is 4. The van der Waals surface area contributed by atoms with Gasteiger partial charge in [0.25, 0.3) is 0 Å². The second kappa shape index (κ2) is 17.3. The van der Waals surface area contributed by atoms with Crippen LogP contribution in [-0.4, -0.2) is 68.3 Å². The van der Waals surface area contributed by atoms with Crippen molar-refractivity contribution in [3.63, 3.8) is 0 Å². The molecule has 1 aliphatic heterocycles. The van der Waals surface area contributed by atoms with E-state index in [1.807, 2.05) is 0 Å². The number of esters is 3. The molecule has 268 valence electrons. The number of fused-ring (bicyclic) bond motifs is 1. The molecule has 2 aromatic heterocycles. The molecule has 0 aliphatic carbocycles. The summed E-state index contributed by atoms with van der Waals surface area (Å²) in [6.07, 6.45) is 3.26. The number of aromatic nitrogens is 4. The van der Waals surface area contributed by atoms with E-state index in [0.717, 1.165) is 32.1 Å². The molecule has 0 radical (unpaired) electrons. The number of benzene rings is 3. The van der Waals surface area contributed by atoms with E-state index in [0.29, 0.717) is 12.0 Å². The van der Waals surface area contributed by atoms with Gasteiger partial charge in [-0.05, 0) is 42.8 Å². The van der Waals surface area contributed by atoms with Crippen molar-refractivity contribution in [3.8, 4) is 0 Å². The van der Waals surface area contributed by atoms with Crippen molar-refractivity contribution < 1.29 is 38.1 Å². The Hall–Kier alpha value is -5.95. The summed E-state index contributed by atoms with van der Waals surface area (Å²) in [5.74, 6) is -2.02. The largest absolute Gasteiger partial charge is 0.459 e. The van der Waals surface area contributed by atoms with Crippen LogP contribution in [0.5, 0.6) is 0 Å². The number of carbonyl (C=O) groups is 4. The number of amides is 1. The van der Waals surface area contributed by atoms with Crippen molar-refractivity contribution in [2.24, 2.45) is 0 Å². The van der Waals surface area contributed by atoms with Crippen LogP contribution in [0.25, 0.3) is 11.2 Å². The fourth-order valence-electron chi connectivity index (χ4n) is 5.89. The van der Waals surface area contributed by atoms with E-state index in [4.69, 9.17) is 18.9 Å². The van der Waals surface area contributed by atoms with E-state index in [1.54, 1.807) is 91.0 Å². The average Bonchev–Trinajstić information content (AvgIpc) is 3.76. The molecule has 3 heterocycles. The Morgan fingerprint density at radius 3 is 1.90 bits per heavy atom. The van der Waals surface area contributed by atoms with Gasteiger partial charge in [0.2, 0.25) is 5.91 Å². The van der Waals surface area contributed by atoms with Gasteiger partial charge in [0.05, 0.1) is 23.0 Å². The lowest BCUT2D eigenvalue weighted by Crippen LogP contribution is -2.41. The second-order valence-electron chi connectivity index (χ2n) is 12.3. The van der Waals surface area contributed by atoms with Crippen molar-refractivity contribution in [3.05, 3.63) is 120 Å². The Morgan fingerprint density at radius 1 is 0.712 bits per heavy atom. The standard InChI is InChI=1S/C39H39N5O8/c1-2-3-4-5-15-22-30(45)43-34-31-35(41-24-40-34)44(25-42-31)36-33(52-39(48)28-20-13-8-14-21-28)32(51-38(47)27-18-11-7-12-19-27)29(50-36)23-49-37(46)26-16-9-6-10-17-26/h6-14,16-21,24-25,29,32-33,36H,2-5,15,22-23H2,1H3,(H,40,41,43,45)/t29-,32-,33-,36-/m1/s1. The normalized spacial score (nSPS) is 18.1. The van der Waals surface area contributed by atoms with Crippen molar-refractivity contribution in [2.45, 2.75) is 70.0 Å². The number of unbranched alkanes of at least 4 members (excludes halogenated alkanes) is 4. The van der Waals surface area contributed by atoms with Crippen molar-refractivity contribution in [2.75, 3.05) is 11.9 Å². The highest BCUT2D eigenvalue weighted by molar-refractivity contribution is 5.97. The first-order chi connectivity index (χ1) is 25.4. The molecule has 1 amide bonds. The van der Waals surface area contributed by atoms with Gasteiger partial charge in [0.15, 0.2) is 35.4 Å². The van der Waals surface area contributed by atoms with Crippen LogP contribution in [-0.2, 0) is 23.7 Å². The Morgan fingerprint density at radius 2 is 1.29 bits per heavy atom. The highest BCUT2D eigenvalue weighted by atomic mass is 16.7. The average molecular weight is 706 g/mol. The molecule has 0 bridgehead atoms. The zero-order valence-electron chi connectivity index (χ0n) is 28.6. The Balaban J connectivity index is 1.32. The molecule has 1 fully saturated rings. The molecule has 0 unspecified atom stereocenters. The van der Waals surface area contributed by atoms with E-state index in [2.05, 4.69) is 27.2 Å². The number of imidazole rings is 1. The SMILES string of the molecule is CCCCCCCC(=O)Nc1ncnc2c1ncn2[C@@H]1O[C@H](COC(=O)c2ccccc2)[C@@H](OC(=O)c2ccccc2)[C@H]1OC(=O)c1ccccc1. The summed E-state index contributed by atoms with van der Waals surface area (Å²) in [6.45, 7) is 1.79. The molecule has 13 heteroatoms. The Labute approximate surface area is 300 Å². The van der Waals surface area contributed by atoms with Gasteiger partial charge >= 0.3 is 17.9 Å². The third-order valence-corrected chi connectivity index (χ3v) is 8.58. The third-order valence-electron chi connectivity index (χ3n) is 8.58. The summed E-state index contributed by atoms with van der Waals surface area (Å²) in [4.78, 5) is 66.0. The summed E-state index contributed by atoms with van der Waals surface area (Å²) in [5, 5.41) is 2.84. The van der Waals surface area contributed by atoms with E-state index >= 15 is 0 Å². The molecular weight excluding hydrogens is 666 g/mol. The van der Waals surface area contributed by atoms with Gasteiger partial charge in [-0.25, -0.2) is 29.3 Å². The maximum absolute atomic E-state index is 13.6. The quantitative estimate of drug-likeness (QED) is 0.0736. The fourth-order valence-corrected chi connectivity index (χ4v) is 5.89. The molecule has 1 saturated heterocycles. The summed E-state index contributed by atoms with van der Waals surface area (Å²) in [5.41, 5.74) is 1.36. The van der Waals surface area contributed by atoms with Crippen LogP contribution >= 0.6 is 0 Å². The summed E-state index contributed by atoms with van der Waals surface area (Å²) >= 11 is 0. The van der Waals surface area contributed by atoms with Crippen LogP contribution in [0, 0.1) is 0 Å². The maximum Gasteiger partial charge on any atom is 0.338 e. The summed E-state index contributed by atoms with van der Waals surface area (Å²) in [6, 6.07) is 25.1. The first kappa shape index (κ1) is 35.9. The van der Waals surface area contributed by atoms with Crippen molar-refractivity contribution >= 4 is 40.8 Å². The van der Waals surface area contributed by atoms with Crippen molar-refractivity contribution in [1.29, 1.82) is 0 Å². The predicted octanol–water partition coefficient (Wildman–Crippen LogP) is 6.33. The van der Waals surface area contributed by atoms with Crippen LogP contribution in [0.3, 0.4) is 0 Å². The highest BCUT2D eigenvalue weighted by Gasteiger charge is 2.52. The minimum atomic E-state index is -1.27. The first-order valence-electron chi connectivity index (χ1n) is 17.3. The van der Waals surface area contributed by atoms with Gasteiger partial charge in [0.1, 0.15) is 19.0 Å². The number of hydrogen-bond acceptors (Lipinski definition) is 11. The lowest BCUT2D eigenvalue weighted by atomic mass is 10.1. The summed E-state index contributed by atoms with van der Waals surface area (Å²) in [7, 11) is 0. The fraction of sp³-hybridized carbons (Fsp3) is 0.308. The molecule has 0 saturated carbocycles. The van der Waals surface area contributed by atoms with Crippen LogP contribution < -0.4 is 5.32 Å². The number of anilines is 1. The molecule has 1 aliphatic rings. The lowest BCUT2D eigenvalue weighted by molar-refractivity contribution is -0.116. The smallest absolute Gasteiger partial charge is 0.338 e. The van der Waals surface area contributed by atoms with E-state index in [9.17, 15) is 19.2 Å². The number of nitrogens with zero attached hydrogens (tertiary/aromatic N) is 4. The van der Waals surface area contributed by atoms with Crippen LogP contribution in [0.4, 0.5) is 5.82 Å². The Bertz CT molecular complexity index is 1970. The van der Waals surface area contributed by atoms with Gasteiger partial charge < -0.3 is 24.3 Å². The lowest BCUT2D eigenvalue weighted by Gasteiger charge is -2.25. The molecule has 13 nitrogen and oxygen atoms in total. The molecule has 4 atom stereocenters. The van der Waals surface area contributed by atoms with Crippen LogP contribution in [0.2, 0.25) is 0 Å². The van der Waals surface area contributed by atoms with E-state index in [1.165, 1.54) is 17.2 Å². The minimum absolute atomic E-state index is 0.203. The molecule has 0 spiro atoms. The highest BCUT2D eigenvalue weighted by Crippen LogP contribution is 2.37. The molecule has 3 aromatic carbocycles. The van der Waals surface area contributed by atoms with Crippen molar-refractivity contribution in [1.82, 2.24) is 19.5 Å². The topological polar surface area (TPSA) is 161 Å². The number of hydrogen-bond donors (Lipinski definition) is 1. The number of rotatable bonds is 15. The van der Waals surface area contributed by atoms with Gasteiger partial charge in [-0.15, -0.1) is 0 Å². The Kier molecular flexibility index (Phi) is 11.9. The first-order valence-corrected chi connectivity index (χ1v) is 17.3. The monoisotopic (exact) mass is 705 g/mol. The third kappa shape index (κ3) is 8.67. The zero-order chi connectivity index (χ0) is 36.3. The second-order valence-corrected chi connectivity index (χ2v) is 12.3. The molecule has 1 N–H and O–H groups in total. The van der Waals surface area contributed by atoms with E-state index in [-0.39, 0.29) is 40.6 Å². The van der Waals surface area contributed by atoms with Gasteiger partial charge in [-0.1, -0.05) is 87.2 Å². The van der Waals surface area contributed by atoms with Crippen LogP contribution in [0.15, 0.2) is 104 Å². The predicted molar refractivity (Wildman–Crippen MR) is 189 cm³/mol. The molecule has 5 aromatic rings. The van der Waals surface area contributed by atoms with E-state index < -0.39 is 42.4 Å². The molecule has 52 heavy (non-hydrogen) atoms. The number of nitrogens with one attached hydrogen (secondary N) is 1. The number of carbonyl (C=O) groups excluding carboxylic acids is 4.